The molecule has 1 saturated heterocycles. The Kier molecular flexibility index (Phi) is 5.29. The van der Waals surface area contributed by atoms with E-state index in [0.29, 0.717) is 6.04 Å². The van der Waals surface area contributed by atoms with Crippen molar-refractivity contribution < 1.29 is 4.39 Å². The lowest BCUT2D eigenvalue weighted by Crippen LogP contribution is -2.31. The lowest BCUT2D eigenvalue weighted by molar-refractivity contribution is 0.265. The molecule has 1 aliphatic heterocycles. The molecule has 1 aliphatic rings. The number of benzene rings is 2. The minimum Gasteiger partial charge on any atom is -0.305 e. The molecule has 2 heterocycles. The summed E-state index contributed by atoms with van der Waals surface area (Å²) in [7, 11) is 4.28. The Balaban J connectivity index is 1.69. The van der Waals surface area contributed by atoms with Gasteiger partial charge >= 0.3 is 0 Å². The molecule has 146 valence electrons. The lowest BCUT2D eigenvalue weighted by atomic mass is 10.1. The van der Waals surface area contributed by atoms with Crippen molar-refractivity contribution in [2.45, 2.75) is 25.9 Å². The maximum absolute atomic E-state index is 13.9. The molecule has 0 amide bonds. The zero-order valence-corrected chi connectivity index (χ0v) is 16.8. The first kappa shape index (κ1) is 18.8. The lowest BCUT2D eigenvalue weighted by Gasteiger charge is -2.20. The van der Waals surface area contributed by atoms with Crippen LogP contribution in [-0.2, 0) is 6.54 Å². The third-order valence-electron chi connectivity index (χ3n) is 5.53. The number of nitrogens with zero attached hydrogens (tertiary/aromatic N) is 4. The van der Waals surface area contributed by atoms with Crippen molar-refractivity contribution in [1.82, 2.24) is 19.6 Å². The van der Waals surface area contributed by atoms with Crippen LogP contribution < -0.4 is 0 Å². The maximum Gasteiger partial charge on any atom is 0.123 e. The van der Waals surface area contributed by atoms with Crippen LogP contribution in [0, 0.1) is 12.7 Å². The molecule has 4 rings (SSSR count). The van der Waals surface area contributed by atoms with Crippen LogP contribution in [0.25, 0.3) is 16.9 Å². The number of aromatic nitrogens is 2. The van der Waals surface area contributed by atoms with Gasteiger partial charge in [-0.3, -0.25) is 4.90 Å². The van der Waals surface area contributed by atoms with Crippen LogP contribution in [0.2, 0.25) is 0 Å². The fourth-order valence-corrected chi connectivity index (χ4v) is 3.93. The van der Waals surface area contributed by atoms with Crippen molar-refractivity contribution in [3.63, 3.8) is 0 Å². The number of hydrogen-bond donors (Lipinski definition) is 0. The number of halogens is 1. The molecule has 3 aromatic rings. The Morgan fingerprint density at radius 3 is 2.68 bits per heavy atom. The van der Waals surface area contributed by atoms with Crippen LogP contribution in [-0.4, -0.2) is 52.8 Å². The number of aryl methyl sites for hydroxylation is 1. The molecule has 1 aromatic heterocycles. The van der Waals surface area contributed by atoms with E-state index in [1.165, 1.54) is 18.1 Å². The summed E-state index contributed by atoms with van der Waals surface area (Å²) in [6.07, 6.45) is 3.27. The first-order valence-electron chi connectivity index (χ1n) is 9.80. The van der Waals surface area contributed by atoms with Crippen LogP contribution in [0.15, 0.2) is 54.7 Å². The molecule has 1 atom stereocenters. The monoisotopic (exact) mass is 378 g/mol. The number of hydrogen-bond acceptors (Lipinski definition) is 3. The molecule has 5 heteroatoms. The molecule has 0 aliphatic carbocycles. The second-order valence-corrected chi connectivity index (χ2v) is 7.94. The summed E-state index contributed by atoms with van der Waals surface area (Å²) in [5, 5.41) is 4.84. The highest BCUT2D eigenvalue weighted by molar-refractivity contribution is 5.63. The smallest absolute Gasteiger partial charge is 0.123 e. The third kappa shape index (κ3) is 4.01. The molecule has 0 radical (unpaired) electrons. The highest BCUT2D eigenvalue weighted by atomic mass is 19.1. The molecular formula is C23H27FN4. The van der Waals surface area contributed by atoms with Gasteiger partial charge in [-0.1, -0.05) is 24.3 Å². The summed E-state index contributed by atoms with van der Waals surface area (Å²) in [5.74, 6) is -0.234. The molecule has 2 aromatic carbocycles. The van der Waals surface area contributed by atoms with Gasteiger partial charge in [0.1, 0.15) is 5.82 Å². The van der Waals surface area contributed by atoms with Crippen molar-refractivity contribution in [3.8, 4) is 16.9 Å². The van der Waals surface area contributed by atoms with Crippen LogP contribution in [0.4, 0.5) is 4.39 Å². The van der Waals surface area contributed by atoms with E-state index in [1.54, 1.807) is 12.1 Å². The first-order chi connectivity index (χ1) is 13.5. The third-order valence-corrected chi connectivity index (χ3v) is 5.53. The molecule has 0 unspecified atom stereocenters. The Morgan fingerprint density at radius 1 is 1.14 bits per heavy atom. The van der Waals surface area contributed by atoms with E-state index in [-0.39, 0.29) is 5.82 Å². The summed E-state index contributed by atoms with van der Waals surface area (Å²) in [5.41, 5.74) is 5.03. The molecule has 0 bridgehead atoms. The summed E-state index contributed by atoms with van der Waals surface area (Å²) in [6, 6.07) is 15.6. The Labute approximate surface area is 166 Å². The van der Waals surface area contributed by atoms with Crippen molar-refractivity contribution in [3.05, 3.63) is 71.7 Å². The normalized spacial score (nSPS) is 17.5. The Bertz CT molecular complexity index is 963. The average molecular weight is 378 g/mol. The van der Waals surface area contributed by atoms with Crippen LogP contribution >= 0.6 is 0 Å². The summed E-state index contributed by atoms with van der Waals surface area (Å²) in [6.45, 7) is 5.02. The highest BCUT2D eigenvalue weighted by Gasteiger charge is 2.25. The van der Waals surface area contributed by atoms with Crippen LogP contribution in [0.1, 0.15) is 17.5 Å². The van der Waals surface area contributed by atoms with E-state index in [2.05, 4.69) is 55.2 Å². The van der Waals surface area contributed by atoms with Crippen molar-refractivity contribution in [2.75, 3.05) is 27.2 Å². The molecule has 1 fully saturated rings. The predicted octanol–water partition coefficient (Wildman–Crippen LogP) is 4.12. The summed E-state index contributed by atoms with van der Waals surface area (Å²) >= 11 is 0. The van der Waals surface area contributed by atoms with Gasteiger partial charge in [0.2, 0.25) is 0 Å². The fourth-order valence-electron chi connectivity index (χ4n) is 3.93. The topological polar surface area (TPSA) is 24.3 Å². The minimum atomic E-state index is -0.234. The molecule has 0 saturated carbocycles. The maximum atomic E-state index is 13.9. The van der Waals surface area contributed by atoms with Gasteiger partial charge in [-0.05, 0) is 57.3 Å². The van der Waals surface area contributed by atoms with E-state index < -0.39 is 0 Å². The molecule has 0 spiro atoms. The predicted molar refractivity (Wildman–Crippen MR) is 111 cm³/mol. The Hall–Kier alpha value is -2.50. The van der Waals surface area contributed by atoms with Gasteiger partial charge in [-0.15, -0.1) is 0 Å². The molecule has 0 N–H and O–H groups in total. The number of likely N-dealkylation sites (tertiary alicyclic amines) is 1. The highest BCUT2D eigenvalue weighted by Crippen LogP contribution is 2.27. The second kappa shape index (κ2) is 7.86. The van der Waals surface area contributed by atoms with Gasteiger partial charge in [0.05, 0.1) is 11.4 Å². The summed E-state index contributed by atoms with van der Waals surface area (Å²) < 4.78 is 15.8. The zero-order chi connectivity index (χ0) is 19.7. The van der Waals surface area contributed by atoms with E-state index in [0.717, 1.165) is 42.1 Å². The SMILES string of the molecule is Cc1cccc(-n2cc(CN3CC[C@H](N(C)C)C3)c(-c3cccc(F)c3)n2)c1. The van der Waals surface area contributed by atoms with Gasteiger partial charge in [0, 0.05) is 43.0 Å². The van der Waals surface area contributed by atoms with Crippen molar-refractivity contribution in [1.29, 1.82) is 0 Å². The van der Waals surface area contributed by atoms with Crippen LogP contribution in [0.5, 0.6) is 0 Å². The van der Waals surface area contributed by atoms with E-state index in [1.807, 2.05) is 16.8 Å². The van der Waals surface area contributed by atoms with Crippen LogP contribution in [0.3, 0.4) is 0 Å². The average Bonchev–Trinajstić information content (AvgIpc) is 3.29. The van der Waals surface area contributed by atoms with Gasteiger partial charge in [-0.2, -0.15) is 5.10 Å². The molecular weight excluding hydrogens is 351 g/mol. The minimum absolute atomic E-state index is 0.234. The second-order valence-electron chi connectivity index (χ2n) is 7.94. The molecule has 4 nitrogen and oxygen atoms in total. The first-order valence-corrected chi connectivity index (χ1v) is 9.80. The summed E-state index contributed by atoms with van der Waals surface area (Å²) in [4.78, 5) is 4.76. The van der Waals surface area contributed by atoms with Gasteiger partial charge in [0.15, 0.2) is 0 Å². The number of rotatable bonds is 5. The van der Waals surface area contributed by atoms with Crippen molar-refractivity contribution >= 4 is 0 Å². The van der Waals surface area contributed by atoms with Crippen molar-refractivity contribution in [2.24, 2.45) is 0 Å². The quantitative estimate of drug-likeness (QED) is 0.667. The van der Waals surface area contributed by atoms with E-state index in [4.69, 9.17) is 5.10 Å². The zero-order valence-electron chi connectivity index (χ0n) is 16.8. The van der Waals surface area contributed by atoms with E-state index in [9.17, 15) is 4.39 Å². The van der Waals surface area contributed by atoms with Gasteiger partial charge < -0.3 is 4.90 Å². The van der Waals surface area contributed by atoms with Gasteiger partial charge in [0.25, 0.3) is 0 Å². The number of likely N-dealkylation sites (N-methyl/N-ethyl adjacent to an activating group) is 1. The van der Waals surface area contributed by atoms with Gasteiger partial charge in [-0.25, -0.2) is 9.07 Å². The largest absolute Gasteiger partial charge is 0.305 e. The molecule has 28 heavy (non-hydrogen) atoms. The Morgan fingerprint density at radius 2 is 1.96 bits per heavy atom. The fraction of sp³-hybridized carbons (Fsp3) is 0.348. The standard InChI is InChI=1S/C23H27FN4/c1-17-6-4-9-21(12-17)28-15-19(14-27-11-10-22(16-27)26(2)3)23(25-28)18-7-5-8-20(24)13-18/h4-9,12-13,15,22H,10-11,14,16H2,1-3H3/t22-/m0/s1. The van der Waals surface area contributed by atoms with E-state index >= 15 is 0 Å².